The number of benzene rings is 1. The van der Waals surface area contributed by atoms with Gasteiger partial charge in [0, 0.05) is 45.3 Å². The Kier molecular flexibility index (Phi) is 6.00. The van der Waals surface area contributed by atoms with E-state index < -0.39 is 0 Å². The van der Waals surface area contributed by atoms with Crippen molar-refractivity contribution in [3.8, 4) is 11.6 Å². The van der Waals surface area contributed by atoms with Crippen molar-refractivity contribution in [3.05, 3.63) is 53.7 Å². The van der Waals surface area contributed by atoms with Gasteiger partial charge in [-0.1, -0.05) is 37.6 Å². The molecule has 2 atom stereocenters. The Labute approximate surface area is 172 Å². The van der Waals surface area contributed by atoms with Gasteiger partial charge in [0.25, 0.3) is 5.88 Å². The number of aromatic nitrogens is 1. The van der Waals surface area contributed by atoms with Crippen LogP contribution in [0.2, 0.25) is 0 Å². The maximum atomic E-state index is 11.8. The zero-order valence-corrected chi connectivity index (χ0v) is 17.2. The van der Waals surface area contributed by atoms with E-state index in [1.54, 1.807) is 13.1 Å². The third kappa shape index (κ3) is 4.53. The fourth-order valence-corrected chi connectivity index (χ4v) is 4.14. The lowest BCUT2D eigenvalue weighted by Crippen LogP contribution is -2.53. The highest BCUT2D eigenvalue weighted by molar-refractivity contribution is 5.73. The summed E-state index contributed by atoms with van der Waals surface area (Å²) in [6.45, 7) is 7.84. The molecule has 6 heteroatoms. The highest BCUT2D eigenvalue weighted by Gasteiger charge is 2.28. The van der Waals surface area contributed by atoms with Crippen molar-refractivity contribution >= 4 is 5.91 Å². The third-order valence-electron chi connectivity index (χ3n) is 5.79. The number of nitrogens with zero attached hydrogens (tertiary/aromatic N) is 3. The topological polar surface area (TPSA) is 54.9 Å². The Morgan fingerprint density at radius 1 is 1.21 bits per heavy atom. The van der Waals surface area contributed by atoms with Crippen LogP contribution in [0, 0.1) is 0 Å². The van der Waals surface area contributed by atoms with Crippen molar-refractivity contribution in [1.82, 2.24) is 14.8 Å². The van der Waals surface area contributed by atoms with E-state index in [-0.39, 0.29) is 12.0 Å². The fourth-order valence-electron chi connectivity index (χ4n) is 4.14. The first-order chi connectivity index (χ1) is 14.1. The number of hydrogen-bond acceptors (Lipinski definition) is 5. The van der Waals surface area contributed by atoms with E-state index in [9.17, 15) is 4.79 Å². The molecule has 2 aliphatic rings. The first-order valence-corrected chi connectivity index (χ1v) is 10.5. The van der Waals surface area contributed by atoms with Gasteiger partial charge in [-0.3, -0.25) is 9.69 Å². The zero-order chi connectivity index (χ0) is 20.2. The van der Waals surface area contributed by atoms with E-state index in [4.69, 9.17) is 9.47 Å². The Bertz CT molecular complexity index is 840. The summed E-state index contributed by atoms with van der Waals surface area (Å²) < 4.78 is 11.8. The molecule has 1 amide bonds. The van der Waals surface area contributed by atoms with Crippen LogP contribution in [-0.2, 0) is 11.3 Å². The van der Waals surface area contributed by atoms with Crippen LogP contribution in [0.3, 0.4) is 0 Å². The van der Waals surface area contributed by atoms with Crippen molar-refractivity contribution in [2.45, 2.75) is 45.4 Å². The average Bonchev–Trinajstić information content (AvgIpc) is 2.75. The van der Waals surface area contributed by atoms with E-state index in [1.165, 1.54) is 5.56 Å². The molecule has 6 nitrogen and oxygen atoms in total. The van der Waals surface area contributed by atoms with Crippen LogP contribution >= 0.6 is 0 Å². The van der Waals surface area contributed by atoms with Gasteiger partial charge in [0.2, 0.25) is 5.91 Å². The molecule has 1 aromatic heterocycles. The minimum Gasteiger partial charge on any atom is -0.484 e. The van der Waals surface area contributed by atoms with Crippen LogP contribution in [0.25, 0.3) is 0 Å². The Morgan fingerprint density at radius 3 is 2.79 bits per heavy atom. The number of amides is 1. The molecule has 4 rings (SSSR count). The lowest BCUT2D eigenvalue weighted by Gasteiger charge is -2.41. The maximum Gasteiger partial charge on any atom is 0.257 e. The third-order valence-corrected chi connectivity index (χ3v) is 5.79. The van der Waals surface area contributed by atoms with Gasteiger partial charge in [-0.25, -0.2) is 4.98 Å². The summed E-state index contributed by atoms with van der Waals surface area (Å²) >= 11 is 0. The molecular formula is C23H29N3O3. The van der Waals surface area contributed by atoms with Gasteiger partial charge in [0.05, 0.1) is 0 Å². The van der Waals surface area contributed by atoms with Crippen LogP contribution in [0.1, 0.15) is 43.9 Å². The Balaban J connectivity index is 1.40. The largest absolute Gasteiger partial charge is 0.484 e. The number of carbonyl (C=O) groups excluding carboxylic acids is 1. The summed E-state index contributed by atoms with van der Waals surface area (Å²) in [5.41, 5.74) is 2.37. The summed E-state index contributed by atoms with van der Waals surface area (Å²) in [7, 11) is 0. The molecule has 2 aromatic rings. The van der Waals surface area contributed by atoms with E-state index in [0.29, 0.717) is 24.3 Å². The summed E-state index contributed by atoms with van der Waals surface area (Å²) in [6, 6.07) is 12.7. The normalized spacial score (nSPS) is 21.8. The molecule has 1 aromatic carbocycles. The molecule has 0 bridgehead atoms. The van der Waals surface area contributed by atoms with E-state index in [1.807, 2.05) is 17.0 Å². The Morgan fingerprint density at radius 2 is 2.03 bits per heavy atom. The Hall–Kier alpha value is -2.60. The van der Waals surface area contributed by atoms with Gasteiger partial charge in [-0.05, 0) is 29.7 Å². The van der Waals surface area contributed by atoms with E-state index in [2.05, 4.69) is 41.1 Å². The van der Waals surface area contributed by atoms with Crippen molar-refractivity contribution in [1.29, 1.82) is 0 Å². The van der Waals surface area contributed by atoms with E-state index in [0.717, 1.165) is 44.6 Å². The average molecular weight is 396 g/mol. The van der Waals surface area contributed by atoms with Gasteiger partial charge in [-0.2, -0.15) is 0 Å². The molecule has 154 valence electrons. The summed E-state index contributed by atoms with van der Waals surface area (Å²) in [6.07, 6.45) is 3.81. The van der Waals surface area contributed by atoms with Crippen molar-refractivity contribution in [2.75, 3.05) is 26.2 Å². The van der Waals surface area contributed by atoms with Crippen LogP contribution < -0.4 is 9.47 Å². The summed E-state index contributed by atoms with van der Waals surface area (Å²) in [4.78, 5) is 20.5. The molecule has 3 heterocycles. The number of hydrogen-bond donors (Lipinski definition) is 0. The predicted octanol–water partition coefficient (Wildman–Crippen LogP) is 3.43. The molecular weight excluding hydrogens is 366 g/mol. The number of fused-ring (bicyclic) bond motifs is 1. The highest BCUT2D eigenvalue weighted by Crippen LogP contribution is 2.34. The summed E-state index contributed by atoms with van der Waals surface area (Å²) in [5, 5.41) is 0. The monoisotopic (exact) mass is 395 g/mol. The molecule has 29 heavy (non-hydrogen) atoms. The van der Waals surface area contributed by atoms with Crippen molar-refractivity contribution < 1.29 is 14.3 Å². The number of piperazine rings is 1. The number of rotatable bonds is 5. The minimum absolute atomic E-state index is 0.140. The van der Waals surface area contributed by atoms with Gasteiger partial charge in [0.15, 0.2) is 11.9 Å². The van der Waals surface area contributed by atoms with Crippen LogP contribution in [-0.4, -0.2) is 53.0 Å². The van der Waals surface area contributed by atoms with Gasteiger partial charge < -0.3 is 14.4 Å². The first kappa shape index (κ1) is 19.7. The second-order valence-corrected chi connectivity index (χ2v) is 7.84. The minimum atomic E-state index is -0.140. The van der Waals surface area contributed by atoms with Gasteiger partial charge >= 0.3 is 0 Å². The predicted molar refractivity (Wildman–Crippen MR) is 111 cm³/mol. The van der Waals surface area contributed by atoms with Gasteiger partial charge in [-0.15, -0.1) is 0 Å². The molecule has 2 aliphatic heterocycles. The van der Waals surface area contributed by atoms with E-state index >= 15 is 0 Å². The quantitative estimate of drug-likeness (QED) is 0.776. The molecule has 1 saturated heterocycles. The standard InChI is InChI=1S/C23H29N3O3/c1-3-5-20-15-25(17(2)27)12-13-26(20)14-18-7-9-19(10-8-18)22-16-28-21-6-4-11-24-23(21)29-22/h4,6-11,20,22H,3,5,12-16H2,1-2H3. The lowest BCUT2D eigenvalue weighted by atomic mass is 10.0. The molecule has 0 radical (unpaired) electrons. The smallest absolute Gasteiger partial charge is 0.257 e. The second kappa shape index (κ2) is 8.82. The van der Waals surface area contributed by atoms with Gasteiger partial charge in [0.1, 0.15) is 6.61 Å². The molecule has 2 unspecified atom stereocenters. The molecule has 1 fully saturated rings. The highest BCUT2D eigenvalue weighted by atomic mass is 16.6. The molecule has 0 N–H and O–H groups in total. The van der Waals surface area contributed by atoms with Crippen molar-refractivity contribution in [2.24, 2.45) is 0 Å². The molecule has 0 spiro atoms. The summed E-state index contributed by atoms with van der Waals surface area (Å²) in [5.74, 6) is 1.44. The SMILES string of the molecule is CCCC1CN(C(C)=O)CCN1Cc1ccc(C2COc3cccnc3O2)cc1. The van der Waals surface area contributed by atoms with Crippen LogP contribution in [0.5, 0.6) is 11.6 Å². The number of carbonyl (C=O) groups is 1. The number of pyridine rings is 1. The lowest BCUT2D eigenvalue weighted by molar-refractivity contribution is -0.132. The second-order valence-electron chi connectivity index (χ2n) is 7.84. The number of ether oxygens (including phenoxy) is 2. The molecule has 0 saturated carbocycles. The van der Waals surface area contributed by atoms with Crippen LogP contribution in [0.4, 0.5) is 0 Å². The maximum absolute atomic E-state index is 11.8. The van der Waals surface area contributed by atoms with Crippen LogP contribution in [0.15, 0.2) is 42.6 Å². The first-order valence-electron chi connectivity index (χ1n) is 10.5. The fraction of sp³-hybridized carbons (Fsp3) is 0.478. The zero-order valence-electron chi connectivity index (χ0n) is 17.2. The van der Waals surface area contributed by atoms with Crippen molar-refractivity contribution in [3.63, 3.8) is 0 Å². The molecule has 0 aliphatic carbocycles.